The maximum Gasteiger partial charge on any atom is 0.269 e. The van der Waals surface area contributed by atoms with Crippen molar-refractivity contribution in [3.05, 3.63) is 81.4 Å². The van der Waals surface area contributed by atoms with Gasteiger partial charge < -0.3 is 0 Å². The van der Waals surface area contributed by atoms with E-state index < -0.39 is 4.92 Å². The number of nitrogens with one attached hydrogen (secondary N) is 2. The van der Waals surface area contributed by atoms with Crippen LogP contribution in [0.3, 0.4) is 0 Å². The Balaban J connectivity index is 1.67. The molecule has 0 fully saturated rings. The molecule has 23 heavy (non-hydrogen) atoms. The average molecular weight is 309 g/mol. The normalized spacial score (nSPS) is 12.8. The first-order chi connectivity index (χ1) is 11.1. The number of amides is 1. The molecule has 2 aromatic carbocycles. The molecule has 3 rings (SSSR count). The third kappa shape index (κ3) is 3.21. The van der Waals surface area contributed by atoms with Crippen molar-refractivity contribution in [1.82, 2.24) is 10.9 Å². The molecule has 2 aromatic rings. The van der Waals surface area contributed by atoms with Crippen molar-refractivity contribution in [3.8, 4) is 0 Å². The molecule has 0 heterocycles. The van der Waals surface area contributed by atoms with E-state index in [1.54, 1.807) is 0 Å². The first-order valence-electron chi connectivity index (χ1n) is 7.24. The predicted octanol–water partition coefficient (Wildman–Crippen LogP) is 2.82. The van der Waals surface area contributed by atoms with Gasteiger partial charge in [0.1, 0.15) is 0 Å². The lowest BCUT2D eigenvalue weighted by atomic mass is 9.95. The van der Waals surface area contributed by atoms with Crippen molar-refractivity contribution in [3.63, 3.8) is 0 Å². The van der Waals surface area contributed by atoms with Crippen molar-refractivity contribution in [1.29, 1.82) is 0 Å². The summed E-state index contributed by atoms with van der Waals surface area (Å²) in [5.41, 5.74) is 9.06. The Morgan fingerprint density at radius 1 is 1.09 bits per heavy atom. The number of aryl methyl sites for hydroxylation is 1. The van der Waals surface area contributed by atoms with Gasteiger partial charge in [-0.2, -0.15) is 0 Å². The lowest BCUT2D eigenvalue weighted by Gasteiger charge is -2.19. The number of allylic oxidation sites excluding steroid dienone is 1. The molecule has 0 unspecified atom stereocenters. The first kappa shape index (κ1) is 14.8. The summed E-state index contributed by atoms with van der Waals surface area (Å²) in [6.45, 7) is 0. The lowest BCUT2D eigenvalue weighted by Crippen LogP contribution is -2.36. The van der Waals surface area contributed by atoms with Crippen molar-refractivity contribution >= 4 is 17.3 Å². The van der Waals surface area contributed by atoms with Crippen LogP contribution in [-0.2, 0) is 6.42 Å². The molecule has 6 heteroatoms. The van der Waals surface area contributed by atoms with E-state index in [1.165, 1.54) is 29.8 Å². The summed E-state index contributed by atoms with van der Waals surface area (Å²) >= 11 is 0. The quantitative estimate of drug-likeness (QED) is 0.672. The minimum atomic E-state index is -0.496. The molecule has 0 aliphatic heterocycles. The number of fused-ring (bicyclic) bond motifs is 1. The van der Waals surface area contributed by atoms with Gasteiger partial charge in [-0.25, -0.2) is 0 Å². The third-order valence-corrected chi connectivity index (χ3v) is 3.72. The summed E-state index contributed by atoms with van der Waals surface area (Å²) in [6.07, 6.45) is 3.93. The molecule has 2 N–H and O–H groups in total. The fraction of sp³-hybridized carbons (Fsp3) is 0.118. The van der Waals surface area contributed by atoms with Gasteiger partial charge in [-0.15, -0.1) is 0 Å². The molecule has 0 atom stereocenters. The van der Waals surface area contributed by atoms with E-state index in [-0.39, 0.29) is 11.6 Å². The maximum absolute atomic E-state index is 12.1. The number of hydrogen-bond donors (Lipinski definition) is 2. The van der Waals surface area contributed by atoms with Gasteiger partial charge in [-0.05, 0) is 30.5 Å². The zero-order valence-corrected chi connectivity index (χ0v) is 12.3. The van der Waals surface area contributed by atoms with E-state index in [4.69, 9.17) is 0 Å². The summed E-state index contributed by atoms with van der Waals surface area (Å²) < 4.78 is 0. The zero-order valence-electron chi connectivity index (χ0n) is 12.3. The fourth-order valence-electron chi connectivity index (χ4n) is 2.53. The van der Waals surface area contributed by atoms with Crippen molar-refractivity contribution in [2.24, 2.45) is 0 Å². The topological polar surface area (TPSA) is 84.3 Å². The SMILES string of the molecule is O=C(NNC1=CCCc2ccccc21)c1ccc([N+](=O)[O-])cc1. The maximum atomic E-state index is 12.1. The van der Waals surface area contributed by atoms with Gasteiger partial charge in [0, 0.05) is 23.3 Å². The summed E-state index contributed by atoms with van der Waals surface area (Å²) in [5, 5.41) is 10.6. The second kappa shape index (κ2) is 6.31. The van der Waals surface area contributed by atoms with Crippen LogP contribution < -0.4 is 10.9 Å². The molecule has 0 saturated heterocycles. The van der Waals surface area contributed by atoms with E-state index in [0.29, 0.717) is 5.56 Å². The van der Waals surface area contributed by atoms with E-state index in [9.17, 15) is 14.9 Å². The van der Waals surface area contributed by atoms with Crippen LogP contribution in [0.15, 0.2) is 54.6 Å². The molecule has 0 radical (unpaired) electrons. The molecular formula is C17H15N3O3. The van der Waals surface area contributed by atoms with Crippen molar-refractivity contribution in [2.75, 3.05) is 0 Å². The Labute approximate surface area is 133 Å². The minimum Gasteiger partial charge on any atom is -0.298 e. The minimum absolute atomic E-state index is 0.0431. The Morgan fingerprint density at radius 3 is 2.57 bits per heavy atom. The van der Waals surface area contributed by atoms with Gasteiger partial charge in [-0.1, -0.05) is 30.3 Å². The predicted molar refractivity (Wildman–Crippen MR) is 86.4 cm³/mol. The number of carbonyl (C=O) groups excluding carboxylic acids is 1. The lowest BCUT2D eigenvalue weighted by molar-refractivity contribution is -0.384. The van der Waals surface area contributed by atoms with Crippen molar-refractivity contribution in [2.45, 2.75) is 12.8 Å². The Hall–Kier alpha value is -3.15. The third-order valence-electron chi connectivity index (χ3n) is 3.72. The number of benzene rings is 2. The second-order valence-corrected chi connectivity index (χ2v) is 5.20. The Morgan fingerprint density at radius 2 is 1.83 bits per heavy atom. The Bertz CT molecular complexity index is 782. The number of nitrogens with zero attached hydrogens (tertiary/aromatic N) is 1. The monoisotopic (exact) mass is 309 g/mol. The molecule has 6 nitrogen and oxygen atoms in total. The number of hydrogen-bond acceptors (Lipinski definition) is 4. The van der Waals surface area contributed by atoms with E-state index >= 15 is 0 Å². The number of nitro benzene ring substituents is 1. The number of hydrazine groups is 1. The molecule has 116 valence electrons. The van der Waals surface area contributed by atoms with Crippen molar-refractivity contribution < 1.29 is 9.72 Å². The van der Waals surface area contributed by atoms with Gasteiger partial charge in [0.05, 0.1) is 10.6 Å². The molecule has 1 aliphatic carbocycles. The van der Waals surface area contributed by atoms with E-state index in [1.807, 2.05) is 24.3 Å². The molecular weight excluding hydrogens is 294 g/mol. The summed E-state index contributed by atoms with van der Waals surface area (Å²) in [7, 11) is 0. The fourth-order valence-corrected chi connectivity index (χ4v) is 2.53. The summed E-state index contributed by atoms with van der Waals surface area (Å²) in [4.78, 5) is 22.2. The number of nitro groups is 1. The molecule has 1 aliphatic rings. The van der Waals surface area contributed by atoms with Crippen LogP contribution in [0, 0.1) is 10.1 Å². The van der Waals surface area contributed by atoms with Crippen LogP contribution in [0.1, 0.15) is 27.9 Å². The van der Waals surface area contributed by atoms with Crippen LogP contribution >= 0.6 is 0 Å². The van der Waals surface area contributed by atoms with Gasteiger partial charge in [0.25, 0.3) is 11.6 Å². The average Bonchev–Trinajstić information content (AvgIpc) is 2.59. The standard InChI is InChI=1S/C17H15N3O3/c21-17(13-8-10-14(11-9-13)20(22)23)19-18-16-7-3-5-12-4-1-2-6-15(12)16/h1-2,4,6-11,18H,3,5H2,(H,19,21). The molecule has 0 aromatic heterocycles. The highest BCUT2D eigenvalue weighted by Gasteiger charge is 2.13. The smallest absolute Gasteiger partial charge is 0.269 e. The first-order valence-corrected chi connectivity index (χ1v) is 7.24. The molecule has 1 amide bonds. The number of non-ortho nitro benzene ring substituents is 1. The highest BCUT2D eigenvalue weighted by atomic mass is 16.6. The van der Waals surface area contributed by atoms with E-state index in [0.717, 1.165) is 24.1 Å². The van der Waals surface area contributed by atoms with Crippen LogP contribution in [0.5, 0.6) is 0 Å². The molecule has 0 bridgehead atoms. The largest absolute Gasteiger partial charge is 0.298 e. The Kier molecular flexibility index (Phi) is 4.05. The number of rotatable bonds is 4. The van der Waals surface area contributed by atoms with Crippen LogP contribution in [0.4, 0.5) is 5.69 Å². The number of carbonyl (C=O) groups is 1. The van der Waals surface area contributed by atoms with Gasteiger partial charge in [0.2, 0.25) is 0 Å². The van der Waals surface area contributed by atoms with Gasteiger partial charge in [0.15, 0.2) is 0 Å². The van der Waals surface area contributed by atoms with Crippen LogP contribution in [-0.4, -0.2) is 10.8 Å². The highest BCUT2D eigenvalue weighted by Crippen LogP contribution is 2.23. The summed E-state index contributed by atoms with van der Waals surface area (Å²) in [5.74, 6) is -0.344. The molecule has 0 spiro atoms. The highest BCUT2D eigenvalue weighted by molar-refractivity contribution is 5.94. The second-order valence-electron chi connectivity index (χ2n) is 5.20. The van der Waals surface area contributed by atoms with Crippen LogP contribution in [0.2, 0.25) is 0 Å². The van der Waals surface area contributed by atoms with Gasteiger partial charge >= 0.3 is 0 Å². The summed E-state index contributed by atoms with van der Waals surface area (Å²) in [6, 6.07) is 13.5. The molecule has 0 saturated carbocycles. The zero-order chi connectivity index (χ0) is 16.2. The van der Waals surface area contributed by atoms with Crippen LogP contribution in [0.25, 0.3) is 5.70 Å². The van der Waals surface area contributed by atoms with E-state index in [2.05, 4.69) is 16.9 Å². The van der Waals surface area contributed by atoms with Gasteiger partial charge in [-0.3, -0.25) is 25.8 Å².